The van der Waals surface area contributed by atoms with Crippen LogP contribution in [0.3, 0.4) is 0 Å². The highest BCUT2D eigenvalue weighted by atomic mass is 32.2. The second-order valence-corrected chi connectivity index (χ2v) is 6.06. The Kier molecular flexibility index (Phi) is 4.19. The molecular weight excluding hydrogens is 244 g/mol. The van der Waals surface area contributed by atoms with Gasteiger partial charge in [-0.1, -0.05) is 12.1 Å². The summed E-state index contributed by atoms with van der Waals surface area (Å²) in [6.45, 7) is 1.62. The molecular formula is C10H14N2O4S. The molecule has 0 saturated heterocycles. The minimum absolute atomic E-state index is 0.0571. The van der Waals surface area contributed by atoms with Gasteiger partial charge in [0.15, 0.2) is 9.84 Å². The molecule has 7 heteroatoms. The summed E-state index contributed by atoms with van der Waals surface area (Å²) in [7, 11) is -3.26. The predicted molar refractivity (Wildman–Crippen MR) is 64.2 cm³/mol. The maximum atomic E-state index is 11.6. The molecule has 0 aromatic heterocycles. The molecule has 0 aliphatic heterocycles. The van der Waals surface area contributed by atoms with Crippen LogP contribution >= 0.6 is 0 Å². The third-order valence-corrected chi connectivity index (χ3v) is 3.86. The summed E-state index contributed by atoms with van der Waals surface area (Å²) in [5.74, 6) is -0.240. The van der Waals surface area contributed by atoms with Crippen LogP contribution in [0.2, 0.25) is 0 Å². The zero-order valence-corrected chi connectivity index (χ0v) is 10.2. The third-order valence-electron chi connectivity index (χ3n) is 2.05. The molecule has 0 saturated carbocycles. The van der Waals surface area contributed by atoms with Crippen molar-refractivity contribution < 1.29 is 13.3 Å². The lowest BCUT2D eigenvalue weighted by atomic mass is 10.2. The molecule has 1 rings (SSSR count). The molecule has 0 amide bonds. The van der Waals surface area contributed by atoms with Crippen LogP contribution in [0.15, 0.2) is 24.3 Å². The molecule has 0 spiro atoms. The number of hydrogen-bond donors (Lipinski definition) is 1. The van der Waals surface area contributed by atoms with Crippen LogP contribution in [0.1, 0.15) is 12.5 Å². The minimum Gasteiger partial charge on any atom is -0.327 e. The Bertz CT molecular complexity index is 494. The van der Waals surface area contributed by atoms with E-state index in [0.717, 1.165) is 0 Å². The lowest BCUT2D eigenvalue weighted by Crippen LogP contribution is -2.26. The fourth-order valence-electron chi connectivity index (χ4n) is 1.43. The fourth-order valence-corrected chi connectivity index (χ4v) is 3.05. The zero-order valence-electron chi connectivity index (χ0n) is 9.37. The Hall–Kier alpha value is -1.47. The normalized spacial score (nSPS) is 13.3. The minimum atomic E-state index is -3.26. The van der Waals surface area contributed by atoms with E-state index in [2.05, 4.69) is 0 Å². The molecule has 0 radical (unpaired) electrons. The molecule has 0 fully saturated rings. The van der Waals surface area contributed by atoms with Gasteiger partial charge in [0.1, 0.15) is 0 Å². The van der Waals surface area contributed by atoms with E-state index in [-0.39, 0.29) is 17.2 Å². The van der Waals surface area contributed by atoms with Crippen molar-refractivity contribution in [2.24, 2.45) is 5.73 Å². The highest BCUT2D eigenvalue weighted by Gasteiger charge is 2.15. The van der Waals surface area contributed by atoms with E-state index in [1.807, 2.05) is 0 Å². The standard InChI is InChI=1S/C10H14N2O4S/c1-8(11)6-17(15,16)7-9-2-4-10(5-3-9)12(13)14/h2-5,8H,6-7,11H2,1H3. The molecule has 2 N–H and O–H groups in total. The van der Waals surface area contributed by atoms with Crippen molar-refractivity contribution in [1.29, 1.82) is 0 Å². The van der Waals surface area contributed by atoms with Crippen molar-refractivity contribution in [2.45, 2.75) is 18.7 Å². The highest BCUT2D eigenvalue weighted by Crippen LogP contribution is 2.14. The van der Waals surface area contributed by atoms with Crippen LogP contribution in [0.25, 0.3) is 0 Å². The van der Waals surface area contributed by atoms with Gasteiger partial charge in [-0.25, -0.2) is 8.42 Å². The van der Waals surface area contributed by atoms with Gasteiger partial charge in [0.25, 0.3) is 5.69 Å². The van der Waals surface area contributed by atoms with E-state index in [1.54, 1.807) is 6.92 Å². The summed E-state index contributed by atoms with van der Waals surface area (Å²) >= 11 is 0. The molecule has 1 unspecified atom stereocenters. The number of nitro groups is 1. The van der Waals surface area contributed by atoms with Crippen molar-refractivity contribution in [3.63, 3.8) is 0 Å². The number of nitrogens with zero attached hydrogens (tertiary/aromatic N) is 1. The first-order chi connectivity index (χ1) is 7.80. The number of nitrogens with two attached hydrogens (primary N) is 1. The second-order valence-electron chi connectivity index (χ2n) is 3.96. The van der Waals surface area contributed by atoms with Gasteiger partial charge in [-0.15, -0.1) is 0 Å². The van der Waals surface area contributed by atoms with Gasteiger partial charge in [-0.3, -0.25) is 10.1 Å². The number of sulfone groups is 1. The van der Waals surface area contributed by atoms with E-state index in [1.165, 1.54) is 24.3 Å². The van der Waals surface area contributed by atoms with Crippen molar-refractivity contribution in [3.05, 3.63) is 39.9 Å². The predicted octanol–water partition coefficient (Wildman–Crippen LogP) is 0.857. The summed E-state index contributed by atoms with van der Waals surface area (Å²) in [4.78, 5) is 9.89. The average molecular weight is 258 g/mol. The lowest BCUT2D eigenvalue weighted by molar-refractivity contribution is -0.384. The molecule has 1 aromatic rings. The van der Waals surface area contributed by atoms with E-state index in [9.17, 15) is 18.5 Å². The average Bonchev–Trinajstić information content (AvgIpc) is 2.15. The number of nitro benzene ring substituents is 1. The van der Waals surface area contributed by atoms with Crippen molar-refractivity contribution >= 4 is 15.5 Å². The van der Waals surface area contributed by atoms with Gasteiger partial charge in [0, 0.05) is 18.2 Å². The van der Waals surface area contributed by atoms with Gasteiger partial charge >= 0.3 is 0 Å². The molecule has 0 bridgehead atoms. The molecule has 94 valence electrons. The summed E-state index contributed by atoms with van der Waals surface area (Å²) < 4.78 is 23.2. The molecule has 0 aliphatic rings. The summed E-state index contributed by atoms with van der Waals surface area (Å²) in [6.07, 6.45) is 0. The van der Waals surface area contributed by atoms with Crippen molar-refractivity contribution in [2.75, 3.05) is 5.75 Å². The van der Waals surface area contributed by atoms with Gasteiger partial charge in [0.05, 0.1) is 16.4 Å². The zero-order chi connectivity index (χ0) is 13.1. The smallest absolute Gasteiger partial charge is 0.269 e. The van der Waals surface area contributed by atoms with E-state index in [0.29, 0.717) is 5.56 Å². The van der Waals surface area contributed by atoms with Crippen molar-refractivity contribution in [3.8, 4) is 0 Å². The number of hydrogen-bond acceptors (Lipinski definition) is 5. The van der Waals surface area contributed by atoms with Gasteiger partial charge in [-0.05, 0) is 12.5 Å². The highest BCUT2D eigenvalue weighted by molar-refractivity contribution is 7.90. The lowest BCUT2D eigenvalue weighted by Gasteiger charge is -2.06. The Morgan fingerprint density at radius 2 is 1.88 bits per heavy atom. The first-order valence-electron chi connectivity index (χ1n) is 4.99. The monoisotopic (exact) mass is 258 g/mol. The Morgan fingerprint density at radius 1 is 1.35 bits per heavy atom. The Balaban J connectivity index is 2.79. The van der Waals surface area contributed by atoms with Crippen molar-refractivity contribution in [1.82, 2.24) is 0 Å². The Morgan fingerprint density at radius 3 is 2.29 bits per heavy atom. The van der Waals surface area contributed by atoms with Crippen LogP contribution in [0.5, 0.6) is 0 Å². The molecule has 1 atom stereocenters. The van der Waals surface area contributed by atoms with Gasteiger partial charge < -0.3 is 5.73 Å². The van der Waals surface area contributed by atoms with Gasteiger partial charge in [-0.2, -0.15) is 0 Å². The van der Waals surface area contributed by atoms with Crippen LogP contribution in [-0.2, 0) is 15.6 Å². The van der Waals surface area contributed by atoms with Crippen LogP contribution in [-0.4, -0.2) is 25.1 Å². The van der Waals surface area contributed by atoms with E-state index < -0.39 is 20.8 Å². The number of benzene rings is 1. The van der Waals surface area contributed by atoms with Crippen LogP contribution in [0.4, 0.5) is 5.69 Å². The molecule has 6 nitrogen and oxygen atoms in total. The largest absolute Gasteiger partial charge is 0.327 e. The second kappa shape index (κ2) is 5.24. The topological polar surface area (TPSA) is 103 Å². The van der Waals surface area contributed by atoms with E-state index >= 15 is 0 Å². The number of non-ortho nitro benzene ring substituents is 1. The SMILES string of the molecule is CC(N)CS(=O)(=O)Cc1ccc([N+](=O)[O-])cc1. The fraction of sp³-hybridized carbons (Fsp3) is 0.400. The maximum absolute atomic E-state index is 11.6. The Labute approximate surface area is 99.5 Å². The number of rotatable bonds is 5. The van der Waals surface area contributed by atoms with Crippen LogP contribution in [0, 0.1) is 10.1 Å². The molecule has 0 aliphatic carbocycles. The van der Waals surface area contributed by atoms with E-state index in [4.69, 9.17) is 5.73 Å². The quantitative estimate of drug-likeness (QED) is 0.623. The van der Waals surface area contributed by atoms with Gasteiger partial charge in [0.2, 0.25) is 0 Å². The third kappa shape index (κ3) is 4.49. The first-order valence-corrected chi connectivity index (χ1v) is 6.81. The molecule has 1 aromatic carbocycles. The van der Waals surface area contributed by atoms with Crippen LogP contribution < -0.4 is 5.73 Å². The molecule has 0 heterocycles. The summed E-state index contributed by atoms with van der Waals surface area (Å²) in [5.41, 5.74) is 5.89. The summed E-state index contributed by atoms with van der Waals surface area (Å²) in [6, 6.07) is 5.04. The first kappa shape index (κ1) is 13.6. The maximum Gasteiger partial charge on any atom is 0.269 e. The molecule has 17 heavy (non-hydrogen) atoms. The summed E-state index contributed by atoms with van der Waals surface area (Å²) in [5, 5.41) is 10.4.